The molecule has 0 N–H and O–H groups in total. The number of pyridine rings is 1. The maximum Gasteiger partial charge on any atom is 0.227 e. The van der Waals surface area contributed by atoms with Gasteiger partial charge in [-0.1, -0.05) is 0 Å². The van der Waals surface area contributed by atoms with Gasteiger partial charge in [-0.2, -0.15) is 0 Å². The normalized spacial score (nSPS) is 23.9. The van der Waals surface area contributed by atoms with Crippen LogP contribution in [0.2, 0.25) is 0 Å². The summed E-state index contributed by atoms with van der Waals surface area (Å²) >= 11 is 0. The molecule has 2 aliphatic rings. The van der Waals surface area contributed by atoms with Gasteiger partial charge in [-0.15, -0.1) is 5.23 Å². The van der Waals surface area contributed by atoms with Crippen molar-refractivity contribution in [3.8, 4) is 0 Å². The monoisotopic (exact) mass is 291 g/mol. The standard InChI is InChI=1S/C15H21N3O3/c1-14(2)15(3,4)21-18(20-14)12-8-11(9-16-10-12)17-7-5-6-13(17)19/h8-10H,5-7H2,1-4H3. The van der Waals surface area contributed by atoms with E-state index >= 15 is 0 Å². The van der Waals surface area contributed by atoms with Crippen LogP contribution in [-0.2, 0) is 14.5 Å². The third-order valence-corrected chi connectivity index (χ3v) is 4.38. The van der Waals surface area contributed by atoms with Gasteiger partial charge in [0.15, 0.2) is 0 Å². The second-order valence-corrected chi connectivity index (χ2v) is 6.51. The molecule has 2 aliphatic heterocycles. The molecule has 0 radical (unpaired) electrons. The first-order chi connectivity index (χ1) is 9.80. The van der Waals surface area contributed by atoms with E-state index in [2.05, 4.69) is 4.98 Å². The smallest absolute Gasteiger partial charge is 0.227 e. The first kappa shape index (κ1) is 14.3. The van der Waals surface area contributed by atoms with Gasteiger partial charge in [0.05, 0.1) is 18.1 Å². The molecule has 0 aliphatic carbocycles. The summed E-state index contributed by atoms with van der Waals surface area (Å²) < 4.78 is 0. The van der Waals surface area contributed by atoms with E-state index in [-0.39, 0.29) is 5.91 Å². The zero-order chi connectivity index (χ0) is 15.3. The summed E-state index contributed by atoms with van der Waals surface area (Å²) in [4.78, 5) is 29.5. The average molecular weight is 291 g/mol. The summed E-state index contributed by atoms with van der Waals surface area (Å²) in [7, 11) is 0. The summed E-state index contributed by atoms with van der Waals surface area (Å²) in [5.74, 6) is 0.137. The Kier molecular flexibility index (Phi) is 3.18. The molecule has 6 nitrogen and oxygen atoms in total. The van der Waals surface area contributed by atoms with Crippen LogP contribution in [-0.4, -0.2) is 28.6 Å². The molecule has 6 heteroatoms. The van der Waals surface area contributed by atoms with Crippen molar-refractivity contribution in [1.82, 2.24) is 4.98 Å². The minimum absolute atomic E-state index is 0.137. The summed E-state index contributed by atoms with van der Waals surface area (Å²) in [6, 6.07) is 1.87. The highest BCUT2D eigenvalue weighted by atomic mass is 17.0. The van der Waals surface area contributed by atoms with Crippen molar-refractivity contribution in [3.63, 3.8) is 0 Å². The number of hydrogen-bond donors (Lipinski definition) is 0. The van der Waals surface area contributed by atoms with Crippen LogP contribution in [0.5, 0.6) is 0 Å². The van der Waals surface area contributed by atoms with Crippen molar-refractivity contribution < 1.29 is 14.5 Å². The van der Waals surface area contributed by atoms with E-state index in [0.717, 1.165) is 18.7 Å². The molecule has 0 aromatic carbocycles. The van der Waals surface area contributed by atoms with E-state index in [1.807, 2.05) is 33.8 Å². The maximum atomic E-state index is 11.8. The van der Waals surface area contributed by atoms with Crippen LogP contribution in [0.15, 0.2) is 18.5 Å². The molecule has 21 heavy (non-hydrogen) atoms. The Balaban J connectivity index is 1.86. The third kappa shape index (κ3) is 2.38. The molecule has 3 rings (SSSR count). The molecule has 0 bridgehead atoms. The van der Waals surface area contributed by atoms with Gasteiger partial charge < -0.3 is 4.90 Å². The van der Waals surface area contributed by atoms with Crippen LogP contribution >= 0.6 is 0 Å². The fourth-order valence-electron chi connectivity index (χ4n) is 2.34. The Morgan fingerprint density at radius 3 is 2.29 bits per heavy atom. The molecule has 0 unspecified atom stereocenters. The SMILES string of the molecule is CC1(C)ON(c2cncc(N3CCCC3=O)c2)OC1(C)C. The lowest BCUT2D eigenvalue weighted by Crippen LogP contribution is -2.41. The van der Waals surface area contributed by atoms with Crippen LogP contribution < -0.4 is 10.1 Å². The summed E-state index contributed by atoms with van der Waals surface area (Å²) in [5.41, 5.74) is 0.564. The van der Waals surface area contributed by atoms with E-state index in [1.165, 1.54) is 5.23 Å². The number of nitrogens with zero attached hydrogens (tertiary/aromatic N) is 3. The van der Waals surface area contributed by atoms with Gasteiger partial charge in [0, 0.05) is 13.0 Å². The molecule has 1 aromatic heterocycles. The quantitative estimate of drug-likeness (QED) is 0.837. The van der Waals surface area contributed by atoms with Gasteiger partial charge in [-0.05, 0) is 40.2 Å². The molecular weight excluding hydrogens is 270 g/mol. The molecule has 3 heterocycles. The van der Waals surface area contributed by atoms with Gasteiger partial charge in [0.2, 0.25) is 5.91 Å². The van der Waals surface area contributed by atoms with Crippen molar-refractivity contribution in [2.24, 2.45) is 0 Å². The minimum atomic E-state index is -0.452. The highest BCUT2D eigenvalue weighted by Crippen LogP contribution is 2.40. The van der Waals surface area contributed by atoms with E-state index in [1.54, 1.807) is 17.3 Å². The number of aromatic nitrogens is 1. The molecular formula is C15H21N3O3. The third-order valence-electron chi connectivity index (χ3n) is 4.38. The van der Waals surface area contributed by atoms with Gasteiger partial charge in [0.25, 0.3) is 0 Å². The highest BCUT2D eigenvalue weighted by Gasteiger charge is 2.50. The predicted molar refractivity (Wildman–Crippen MR) is 78.6 cm³/mol. The number of amides is 1. The first-order valence-electron chi connectivity index (χ1n) is 7.24. The Hall–Kier alpha value is -1.66. The van der Waals surface area contributed by atoms with Gasteiger partial charge in [0.1, 0.15) is 16.9 Å². The zero-order valence-electron chi connectivity index (χ0n) is 12.9. The van der Waals surface area contributed by atoms with Crippen LogP contribution in [0.25, 0.3) is 0 Å². The lowest BCUT2D eigenvalue weighted by molar-refractivity contribution is -0.117. The van der Waals surface area contributed by atoms with Crippen molar-refractivity contribution in [1.29, 1.82) is 0 Å². The maximum absolute atomic E-state index is 11.8. The molecule has 1 aromatic rings. The fraction of sp³-hybridized carbons (Fsp3) is 0.600. The van der Waals surface area contributed by atoms with Gasteiger partial charge >= 0.3 is 0 Å². The van der Waals surface area contributed by atoms with Crippen molar-refractivity contribution in [3.05, 3.63) is 18.5 Å². The first-order valence-corrected chi connectivity index (χ1v) is 7.24. The molecule has 2 saturated heterocycles. The van der Waals surface area contributed by atoms with E-state index in [0.29, 0.717) is 12.1 Å². The van der Waals surface area contributed by atoms with Crippen molar-refractivity contribution in [2.75, 3.05) is 16.7 Å². The zero-order valence-corrected chi connectivity index (χ0v) is 12.9. The van der Waals surface area contributed by atoms with E-state index in [4.69, 9.17) is 9.68 Å². The fourth-order valence-corrected chi connectivity index (χ4v) is 2.34. The molecule has 2 fully saturated rings. The van der Waals surface area contributed by atoms with Crippen LogP contribution in [0.4, 0.5) is 11.4 Å². The second-order valence-electron chi connectivity index (χ2n) is 6.51. The average Bonchev–Trinajstić information content (AvgIpc) is 2.92. The van der Waals surface area contributed by atoms with Crippen molar-refractivity contribution in [2.45, 2.75) is 51.7 Å². The minimum Gasteiger partial charge on any atom is -0.311 e. The van der Waals surface area contributed by atoms with Crippen LogP contribution in [0.3, 0.4) is 0 Å². The molecule has 1 amide bonds. The molecule has 114 valence electrons. The highest BCUT2D eigenvalue weighted by molar-refractivity contribution is 5.95. The summed E-state index contributed by atoms with van der Waals surface area (Å²) in [6.45, 7) is 8.66. The van der Waals surface area contributed by atoms with Gasteiger partial charge in [-0.3, -0.25) is 9.78 Å². The lowest BCUT2D eigenvalue weighted by atomic mass is 9.90. The van der Waals surface area contributed by atoms with E-state index < -0.39 is 11.2 Å². The largest absolute Gasteiger partial charge is 0.311 e. The van der Waals surface area contributed by atoms with Gasteiger partial charge in [-0.25, -0.2) is 9.68 Å². The van der Waals surface area contributed by atoms with Crippen LogP contribution in [0, 0.1) is 0 Å². The molecule has 0 saturated carbocycles. The van der Waals surface area contributed by atoms with Crippen molar-refractivity contribution >= 4 is 17.3 Å². The Morgan fingerprint density at radius 2 is 1.71 bits per heavy atom. The number of carbonyl (C=O) groups excluding carboxylic acids is 1. The number of carbonyl (C=O) groups is 1. The Morgan fingerprint density at radius 1 is 1.10 bits per heavy atom. The summed E-state index contributed by atoms with van der Waals surface area (Å²) in [6.07, 6.45) is 4.85. The Labute approximate surface area is 124 Å². The van der Waals surface area contributed by atoms with E-state index in [9.17, 15) is 4.79 Å². The number of anilines is 2. The molecule has 0 spiro atoms. The Bertz CT molecular complexity index is 555. The second kappa shape index (κ2) is 4.68. The van der Waals surface area contributed by atoms with Crippen LogP contribution in [0.1, 0.15) is 40.5 Å². The lowest BCUT2D eigenvalue weighted by Gasteiger charge is -2.26. The summed E-state index contributed by atoms with van der Waals surface area (Å²) in [5, 5.41) is 1.40. The predicted octanol–water partition coefficient (Wildman–Crippen LogP) is 2.45. The number of rotatable bonds is 2. The number of hydrogen-bond acceptors (Lipinski definition) is 5. The topological polar surface area (TPSA) is 54.9 Å². The molecule has 0 atom stereocenters.